The van der Waals surface area contributed by atoms with E-state index in [1.54, 1.807) is 0 Å². The first-order chi connectivity index (χ1) is 9.13. The number of nitrogens with two attached hydrogens (primary N) is 1. The predicted molar refractivity (Wildman–Crippen MR) is 70.6 cm³/mol. The summed E-state index contributed by atoms with van der Waals surface area (Å²) in [6.45, 7) is 0. The summed E-state index contributed by atoms with van der Waals surface area (Å²) in [5.41, 5.74) is 9.30. The molecule has 0 aromatic heterocycles. The molecule has 1 aliphatic rings. The SMILES string of the molecule is NC(c1cc(F)cc(F)c1)C1Cc2ccccc2C1. The van der Waals surface area contributed by atoms with Crippen LogP contribution in [0.5, 0.6) is 0 Å². The van der Waals surface area contributed by atoms with Gasteiger partial charge in [-0.15, -0.1) is 0 Å². The molecule has 3 heteroatoms. The third-order valence-electron chi connectivity index (χ3n) is 3.86. The van der Waals surface area contributed by atoms with E-state index >= 15 is 0 Å². The third-order valence-corrected chi connectivity index (χ3v) is 3.86. The molecule has 0 saturated carbocycles. The van der Waals surface area contributed by atoms with E-state index in [0.717, 1.165) is 18.9 Å². The van der Waals surface area contributed by atoms with Crippen LogP contribution in [0.4, 0.5) is 8.78 Å². The van der Waals surface area contributed by atoms with Crippen molar-refractivity contribution in [3.8, 4) is 0 Å². The fraction of sp³-hybridized carbons (Fsp3) is 0.250. The molecular formula is C16H15F2N. The quantitative estimate of drug-likeness (QED) is 0.879. The monoisotopic (exact) mass is 259 g/mol. The summed E-state index contributed by atoms with van der Waals surface area (Å²) in [6.07, 6.45) is 1.74. The summed E-state index contributed by atoms with van der Waals surface area (Å²) in [5, 5.41) is 0. The van der Waals surface area contributed by atoms with Gasteiger partial charge in [-0.2, -0.15) is 0 Å². The number of hydrogen-bond donors (Lipinski definition) is 1. The standard InChI is InChI=1S/C16H15F2N/c17-14-7-13(8-15(18)9-14)16(19)12-5-10-3-1-2-4-11(10)6-12/h1-4,7-9,12,16H,5-6,19H2. The molecule has 98 valence electrons. The molecule has 0 aliphatic heterocycles. The van der Waals surface area contributed by atoms with Crippen LogP contribution < -0.4 is 5.73 Å². The van der Waals surface area contributed by atoms with Crippen molar-refractivity contribution < 1.29 is 8.78 Å². The molecule has 19 heavy (non-hydrogen) atoms. The van der Waals surface area contributed by atoms with Crippen LogP contribution in [-0.2, 0) is 12.8 Å². The highest BCUT2D eigenvalue weighted by Crippen LogP contribution is 2.34. The number of hydrogen-bond acceptors (Lipinski definition) is 1. The summed E-state index contributed by atoms with van der Waals surface area (Å²) in [5.74, 6) is -0.930. The molecule has 2 aromatic carbocycles. The Morgan fingerprint density at radius 2 is 1.47 bits per heavy atom. The van der Waals surface area contributed by atoms with E-state index in [4.69, 9.17) is 5.73 Å². The van der Waals surface area contributed by atoms with Crippen molar-refractivity contribution >= 4 is 0 Å². The van der Waals surface area contributed by atoms with Crippen LogP contribution in [0.2, 0.25) is 0 Å². The topological polar surface area (TPSA) is 26.0 Å². The Hall–Kier alpha value is -1.74. The van der Waals surface area contributed by atoms with Crippen molar-refractivity contribution in [3.63, 3.8) is 0 Å². The normalized spacial score (nSPS) is 16.4. The molecule has 1 aliphatic carbocycles. The van der Waals surface area contributed by atoms with E-state index in [1.165, 1.54) is 23.3 Å². The average molecular weight is 259 g/mol. The van der Waals surface area contributed by atoms with Crippen molar-refractivity contribution in [2.75, 3.05) is 0 Å². The minimum Gasteiger partial charge on any atom is -0.324 e. The van der Waals surface area contributed by atoms with Gasteiger partial charge in [0.1, 0.15) is 11.6 Å². The van der Waals surface area contributed by atoms with Gasteiger partial charge in [0.15, 0.2) is 0 Å². The van der Waals surface area contributed by atoms with Crippen LogP contribution in [0.3, 0.4) is 0 Å². The number of benzene rings is 2. The Balaban J connectivity index is 1.84. The van der Waals surface area contributed by atoms with Gasteiger partial charge in [0.25, 0.3) is 0 Å². The van der Waals surface area contributed by atoms with E-state index in [2.05, 4.69) is 12.1 Å². The van der Waals surface area contributed by atoms with E-state index in [9.17, 15) is 8.78 Å². The highest BCUT2D eigenvalue weighted by molar-refractivity contribution is 5.34. The second-order valence-electron chi connectivity index (χ2n) is 5.17. The largest absolute Gasteiger partial charge is 0.324 e. The summed E-state index contributed by atoms with van der Waals surface area (Å²) in [6, 6.07) is 11.4. The molecule has 1 atom stereocenters. The Kier molecular flexibility index (Phi) is 3.07. The first kappa shape index (κ1) is 12.3. The first-order valence-electron chi connectivity index (χ1n) is 6.42. The van der Waals surface area contributed by atoms with E-state index in [-0.39, 0.29) is 12.0 Å². The van der Waals surface area contributed by atoms with Crippen molar-refractivity contribution in [3.05, 3.63) is 70.8 Å². The van der Waals surface area contributed by atoms with E-state index in [0.29, 0.717) is 5.56 Å². The molecule has 0 amide bonds. The van der Waals surface area contributed by atoms with Gasteiger partial charge in [-0.1, -0.05) is 24.3 Å². The van der Waals surface area contributed by atoms with Crippen LogP contribution in [0, 0.1) is 17.6 Å². The van der Waals surface area contributed by atoms with Crippen LogP contribution in [0.25, 0.3) is 0 Å². The van der Waals surface area contributed by atoms with Crippen molar-refractivity contribution in [2.24, 2.45) is 11.7 Å². The van der Waals surface area contributed by atoms with Gasteiger partial charge in [0, 0.05) is 12.1 Å². The fourth-order valence-corrected chi connectivity index (χ4v) is 2.89. The van der Waals surface area contributed by atoms with Crippen LogP contribution >= 0.6 is 0 Å². The summed E-state index contributed by atoms with van der Waals surface area (Å²) in [4.78, 5) is 0. The molecule has 1 unspecified atom stereocenters. The molecule has 0 radical (unpaired) electrons. The van der Waals surface area contributed by atoms with Gasteiger partial charge in [-0.25, -0.2) is 8.78 Å². The van der Waals surface area contributed by atoms with Gasteiger partial charge in [0.2, 0.25) is 0 Å². The van der Waals surface area contributed by atoms with Crippen molar-refractivity contribution in [1.29, 1.82) is 0 Å². The van der Waals surface area contributed by atoms with Crippen molar-refractivity contribution in [2.45, 2.75) is 18.9 Å². The van der Waals surface area contributed by atoms with Gasteiger partial charge >= 0.3 is 0 Å². The Labute approximate surface area is 111 Å². The zero-order chi connectivity index (χ0) is 13.4. The molecule has 0 fully saturated rings. The molecule has 2 N–H and O–H groups in total. The maximum Gasteiger partial charge on any atom is 0.126 e. The summed E-state index contributed by atoms with van der Waals surface area (Å²) >= 11 is 0. The Morgan fingerprint density at radius 1 is 0.947 bits per heavy atom. The zero-order valence-corrected chi connectivity index (χ0v) is 10.4. The maximum atomic E-state index is 13.2. The minimum atomic E-state index is -0.569. The van der Waals surface area contributed by atoms with Gasteiger partial charge in [-0.3, -0.25) is 0 Å². The van der Waals surface area contributed by atoms with Gasteiger partial charge in [-0.05, 0) is 47.6 Å². The van der Waals surface area contributed by atoms with Crippen LogP contribution in [-0.4, -0.2) is 0 Å². The second-order valence-corrected chi connectivity index (χ2v) is 5.17. The highest BCUT2D eigenvalue weighted by atomic mass is 19.1. The fourth-order valence-electron chi connectivity index (χ4n) is 2.89. The zero-order valence-electron chi connectivity index (χ0n) is 10.4. The van der Waals surface area contributed by atoms with E-state index < -0.39 is 11.6 Å². The lowest BCUT2D eigenvalue weighted by atomic mass is 9.91. The van der Waals surface area contributed by atoms with Crippen molar-refractivity contribution in [1.82, 2.24) is 0 Å². The smallest absolute Gasteiger partial charge is 0.126 e. The highest BCUT2D eigenvalue weighted by Gasteiger charge is 2.27. The molecule has 3 rings (SSSR count). The predicted octanol–water partition coefficient (Wildman–Crippen LogP) is 3.38. The molecule has 0 bridgehead atoms. The number of halogens is 2. The lowest BCUT2D eigenvalue weighted by molar-refractivity contribution is 0.448. The molecule has 0 heterocycles. The van der Waals surface area contributed by atoms with Gasteiger partial charge < -0.3 is 5.73 Å². The number of fused-ring (bicyclic) bond motifs is 1. The summed E-state index contributed by atoms with van der Waals surface area (Å²) < 4.78 is 26.5. The second kappa shape index (κ2) is 4.74. The number of rotatable bonds is 2. The summed E-state index contributed by atoms with van der Waals surface area (Å²) in [7, 11) is 0. The van der Waals surface area contributed by atoms with E-state index in [1.807, 2.05) is 12.1 Å². The molecule has 1 nitrogen and oxygen atoms in total. The molecular weight excluding hydrogens is 244 g/mol. The molecule has 0 saturated heterocycles. The lowest BCUT2D eigenvalue weighted by Crippen LogP contribution is -2.22. The minimum absolute atomic E-state index is 0.207. The Bertz CT molecular complexity index is 564. The molecule has 0 spiro atoms. The van der Waals surface area contributed by atoms with Crippen LogP contribution in [0.15, 0.2) is 42.5 Å². The first-order valence-corrected chi connectivity index (χ1v) is 6.42. The third kappa shape index (κ3) is 2.38. The molecule has 2 aromatic rings. The maximum absolute atomic E-state index is 13.2. The van der Waals surface area contributed by atoms with Gasteiger partial charge in [0.05, 0.1) is 0 Å². The Morgan fingerprint density at radius 3 is 2.00 bits per heavy atom. The average Bonchev–Trinajstić information content (AvgIpc) is 2.80. The lowest BCUT2D eigenvalue weighted by Gasteiger charge is -2.19. The van der Waals surface area contributed by atoms with Crippen LogP contribution in [0.1, 0.15) is 22.7 Å².